The van der Waals surface area contributed by atoms with Crippen LogP contribution in [0.5, 0.6) is 0 Å². The van der Waals surface area contributed by atoms with Crippen LogP contribution in [0.3, 0.4) is 0 Å². The third kappa shape index (κ3) is 2.77. The van der Waals surface area contributed by atoms with Gasteiger partial charge in [-0.15, -0.1) is 5.10 Å². The highest BCUT2D eigenvalue weighted by Gasteiger charge is 2.12. The molecule has 27 heavy (non-hydrogen) atoms. The van der Waals surface area contributed by atoms with Gasteiger partial charge in [-0.25, -0.2) is 4.98 Å². The fourth-order valence-corrected chi connectivity index (χ4v) is 2.98. The van der Waals surface area contributed by atoms with E-state index in [-0.39, 0.29) is 0 Å². The SMILES string of the molecule is Cc1ccc(-c2nnnn2-c2ccc(-c3nc4ccccc4o3)cc2)cc1. The second-order valence-corrected chi connectivity index (χ2v) is 6.31. The maximum Gasteiger partial charge on any atom is 0.227 e. The summed E-state index contributed by atoms with van der Waals surface area (Å²) < 4.78 is 7.55. The first-order chi connectivity index (χ1) is 13.3. The molecule has 0 atom stereocenters. The van der Waals surface area contributed by atoms with E-state index >= 15 is 0 Å². The fraction of sp³-hybridized carbons (Fsp3) is 0.0476. The Morgan fingerprint density at radius 3 is 2.33 bits per heavy atom. The Bertz CT molecular complexity index is 1190. The average Bonchev–Trinajstić information content (AvgIpc) is 3.36. The third-order valence-corrected chi connectivity index (χ3v) is 4.43. The zero-order valence-corrected chi connectivity index (χ0v) is 14.6. The molecule has 2 aromatic heterocycles. The Morgan fingerprint density at radius 1 is 0.815 bits per heavy atom. The summed E-state index contributed by atoms with van der Waals surface area (Å²) in [5, 5.41) is 12.2. The largest absolute Gasteiger partial charge is 0.436 e. The van der Waals surface area contributed by atoms with Crippen molar-refractivity contribution < 1.29 is 4.42 Å². The van der Waals surface area contributed by atoms with E-state index in [9.17, 15) is 0 Å². The van der Waals surface area contributed by atoms with Crippen molar-refractivity contribution in [2.24, 2.45) is 0 Å². The molecule has 0 N–H and O–H groups in total. The molecular formula is C21H15N5O. The van der Waals surface area contributed by atoms with Crippen molar-refractivity contribution in [3.63, 3.8) is 0 Å². The lowest BCUT2D eigenvalue weighted by molar-refractivity contribution is 0.620. The van der Waals surface area contributed by atoms with Gasteiger partial charge < -0.3 is 4.42 Å². The number of rotatable bonds is 3. The van der Waals surface area contributed by atoms with Crippen LogP contribution < -0.4 is 0 Å². The van der Waals surface area contributed by atoms with E-state index in [0.29, 0.717) is 11.7 Å². The molecule has 0 amide bonds. The predicted octanol–water partition coefficient (Wildman–Crippen LogP) is 4.45. The molecule has 0 spiro atoms. The number of nitrogens with zero attached hydrogens (tertiary/aromatic N) is 5. The van der Waals surface area contributed by atoms with Gasteiger partial charge in [-0.1, -0.05) is 42.0 Å². The van der Waals surface area contributed by atoms with E-state index in [1.54, 1.807) is 4.68 Å². The van der Waals surface area contributed by atoms with E-state index in [1.165, 1.54) is 5.56 Å². The first kappa shape index (κ1) is 15.5. The summed E-state index contributed by atoms with van der Waals surface area (Å²) in [7, 11) is 0. The van der Waals surface area contributed by atoms with Crippen LogP contribution in [-0.2, 0) is 0 Å². The zero-order valence-electron chi connectivity index (χ0n) is 14.6. The van der Waals surface area contributed by atoms with Gasteiger partial charge in [-0.3, -0.25) is 0 Å². The fourth-order valence-electron chi connectivity index (χ4n) is 2.98. The van der Waals surface area contributed by atoms with Crippen LogP contribution in [0.2, 0.25) is 0 Å². The standard InChI is InChI=1S/C21H15N5O/c1-14-6-8-15(9-7-14)20-23-24-25-26(20)17-12-10-16(11-13-17)21-22-18-4-2-3-5-19(18)27-21/h2-13H,1H3. The molecular weight excluding hydrogens is 338 g/mol. The highest BCUT2D eigenvalue weighted by Crippen LogP contribution is 2.26. The maximum atomic E-state index is 5.83. The highest BCUT2D eigenvalue weighted by molar-refractivity contribution is 5.76. The van der Waals surface area contributed by atoms with Crippen LogP contribution in [0.15, 0.2) is 77.2 Å². The predicted molar refractivity (Wildman–Crippen MR) is 102 cm³/mol. The number of aromatic nitrogens is 5. The molecule has 0 aliphatic carbocycles. The second-order valence-electron chi connectivity index (χ2n) is 6.31. The van der Waals surface area contributed by atoms with Gasteiger partial charge in [-0.2, -0.15) is 4.68 Å². The summed E-state index contributed by atoms with van der Waals surface area (Å²) in [6.45, 7) is 2.05. The molecule has 0 fully saturated rings. The number of aryl methyl sites for hydroxylation is 1. The maximum absolute atomic E-state index is 5.83. The van der Waals surface area contributed by atoms with Crippen molar-refractivity contribution >= 4 is 11.1 Å². The minimum absolute atomic E-state index is 0.596. The van der Waals surface area contributed by atoms with Crippen LogP contribution in [0.4, 0.5) is 0 Å². The van der Waals surface area contributed by atoms with Crippen LogP contribution in [-0.4, -0.2) is 25.2 Å². The van der Waals surface area contributed by atoms with Crippen LogP contribution in [0.1, 0.15) is 5.56 Å². The quantitative estimate of drug-likeness (QED) is 0.479. The van der Waals surface area contributed by atoms with Gasteiger partial charge >= 0.3 is 0 Å². The number of benzene rings is 3. The molecule has 130 valence electrons. The monoisotopic (exact) mass is 353 g/mol. The Balaban J connectivity index is 1.51. The van der Waals surface area contributed by atoms with E-state index in [2.05, 4.69) is 27.4 Å². The summed E-state index contributed by atoms with van der Waals surface area (Å²) >= 11 is 0. The molecule has 5 rings (SSSR count). The van der Waals surface area contributed by atoms with Gasteiger partial charge in [0.2, 0.25) is 5.89 Å². The van der Waals surface area contributed by atoms with E-state index in [4.69, 9.17) is 4.42 Å². The minimum Gasteiger partial charge on any atom is -0.436 e. The van der Waals surface area contributed by atoms with Crippen LogP contribution >= 0.6 is 0 Å². The number of tetrazole rings is 1. The minimum atomic E-state index is 0.596. The molecule has 6 nitrogen and oxygen atoms in total. The highest BCUT2D eigenvalue weighted by atomic mass is 16.3. The summed E-state index contributed by atoms with van der Waals surface area (Å²) in [6, 6.07) is 23.7. The van der Waals surface area contributed by atoms with Crippen molar-refractivity contribution in [2.45, 2.75) is 6.92 Å². The summed E-state index contributed by atoms with van der Waals surface area (Å²) in [5.74, 6) is 1.29. The molecule has 0 saturated carbocycles. The molecule has 6 heteroatoms. The van der Waals surface area contributed by atoms with Gasteiger partial charge in [-0.05, 0) is 53.7 Å². The summed E-state index contributed by atoms with van der Waals surface area (Å²) in [6.07, 6.45) is 0. The van der Waals surface area contributed by atoms with Gasteiger partial charge in [0, 0.05) is 11.1 Å². The van der Waals surface area contributed by atoms with Crippen LogP contribution in [0.25, 0.3) is 39.6 Å². The lowest BCUT2D eigenvalue weighted by atomic mass is 10.1. The summed E-state index contributed by atoms with van der Waals surface area (Å²) in [5.41, 5.74) is 5.56. The zero-order chi connectivity index (χ0) is 18.2. The summed E-state index contributed by atoms with van der Waals surface area (Å²) in [4.78, 5) is 4.53. The normalized spacial score (nSPS) is 11.1. The Kier molecular flexibility index (Phi) is 3.53. The van der Waals surface area contributed by atoms with E-state index in [1.807, 2.05) is 72.8 Å². The molecule has 3 aromatic carbocycles. The molecule has 0 radical (unpaired) electrons. The second kappa shape index (κ2) is 6.17. The lowest BCUT2D eigenvalue weighted by Gasteiger charge is -2.05. The number of fused-ring (bicyclic) bond motifs is 1. The molecule has 5 aromatic rings. The van der Waals surface area contributed by atoms with Crippen molar-refractivity contribution in [2.75, 3.05) is 0 Å². The third-order valence-electron chi connectivity index (χ3n) is 4.43. The first-order valence-electron chi connectivity index (χ1n) is 8.60. The first-order valence-corrected chi connectivity index (χ1v) is 8.60. The molecule has 0 saturated heterocycles. The number of hydrogen-bond acceptors (Lipinski definition) is 5. The number of para-hydroxylation sites is 2. The average molecular weight is 353 g/mol. The topological polar surface area (TPSA) is 69.6 Å². The Labute approximate surface area is 155 Å². The van der Waals surface area contributed by atoms with Crippen LogP contribution in [0, 0.1) is 6.92 Å². The van der Waals surface area contributed by atoms with E-state index in [0.717, 1.165) is 27.9 Å². The molecule has 0 aliphatic rings. The van der Waals surface area contributed by atoms with Gasteiger partial charge in [0.1, 0.15) is 5.52 Å². The van der Waals surface area contributed by atoms with Crippen molar-refractivity contribution in [1.29, 1.82) is 0 Å². The lowest BCUT2D eigenvalue weighted by Crippen LogP contribution is -1.99. The van der Waals surface area contributed by atoms with Gasteiger partial charge in [0.15, 0.2) is 11.4 Å². The van der Waals surface area contributed by atoms with Crippen molar-refractivity contribution in [1.82, 2.24) is 25.2 Å². The van der Waals surface area contributed by atoms with Gasteiger partial charge in [0.25, 0.3) is 0 Å². The molecule has 0 unspecified atom stereocenters. The van der Waals surface area contributed by atoms with Crippen molar-refractivity contribution in [3.05, 3.63) is 78.4 Å². The number of oxazole rings is 1. The van der Waals surface area contributed by atoms with E-state index < -0.39 is 0 Å². The molecule has 0 bridgehead atoms. The van der Waals surface area contributed by atoms with Crippen molar-refractivity contribution in [3.8, 4) is 28.5 Å². The molecule has 0 aliphatic heterocycles. The Morgan fingerprint density at radius 2 is 1.56 bits per heavy atom. The Hall–Kier alpha value is -3.80. The molecule has 2 heterocycles. The number of hydrogen-bond donors (Lipinski definition) is 0. The smallest absolute Gasteiger partial charge is 0.227 e. The van der Waals surface area contributed by atoms with Gasteiger partial charge in [0.05, 0.1) is 5.69 Å².